The lowest BCUT2D eigenvalue weighted by Crippen LogP contribution is -2.14. The molecule has 0 aromatic heterocycles. The molecule has 1 aromatic rings. The number of hydrogen-bond acceptors (Lipinski definition) is 3. The summed E-state index contributed by atoms with van der Waals surface area (Å²) in [6.07, 6.45) is 8.33. The van der Waals surface area contributed by atoms with E-state index in [1.165, 1.54) is 31.8 Å². The third-order valence-electron chi connectivity index (χ3n) is 4.69. The van der Waals surface area contributed by atoms with Crippen LogP contribution >= 0.6 is 23.2 Å². The van der Waals surface area contributed by atoms with Crippen LogP contribution in [-0.2, 0) is 9.59 Å². The van der Waals surface area contributed by atoms with Crippen molar-refractivity contribution in [1.29, 1.82) is 0 Å². The van der Waals surface area contributed by atoms with E-state index in [0.29, 0.717) is 16.0 Å². The Morgan fingerprint density at radius 3 is 2.42 bits per heavy atom. The van der Waals surface area contributed by atoms with Crippen molar-refractivity contribution < 1.29 is 19.8 Å². The Bertz CT molecular complexity index is 677. The SMILES string of the molecule is O=C(O)CC(=O)CC(O)C=Cc1c(Cl)cc(Cl)cc1C1CCCCCC1. The normalized spacial score (nSPS) is 17.2. The van der Waals surface area contributed by atoms with E-state index < -0.39 is 24.3 Å². The van der Waals surface area contributed by atoms with Gasteiger partial charge in [-0.15, -0.1) is 0 Å². The molecule has 6 heteroatoms. The summed E-state index contributed by atoms with van der Waals surface area (Å²) < 4.78 is 0. The molecule has 0 heterocycles. The second-order valence-corrected chi connectivity index (χ2v) is 7.66. The van der Waals surface area contributed by atoms with E-state index in [0.717, 1.165) is 24.0 Å². The van der Waals surface area contributed by atoms with Crippen molar-refractivity contribution in [2.24, 2.45) is 0 Å². The highest BCUT2D eigenvalue weighted by atomic mass is 35.5. The van der Waals surface area contributed by atoms with Crippen molar-refractivity contribution in [3.05, 3.63) is 39.4 Å². The van der Waals surface area contributed by atoms with Crippen LogP contribution in [-0.4, -0.2) is 28.1 Å². The average molecular weight is 399 g/mol. The third-order valence-corrected chi connectivity index (χ3v) is 5.22. The smallest absolute Gasteiger partial charge is 0.310 e. The van der Waals surface area contributed by atoms with Crippen LogP contribution in [0.2, 0.25) is 10.0 Å². The summed E-state index contributed by atoms with van der Waals surface area (Å²) in [6, 6.07) is 3.61. The van der Waals surface area contributed by atoms with Gasteiger partial charge in [0, 0.05) is 16.5 Å². The molecule has 2 rings (SSSR count). The van der Waals surface area contributed by atoms with Crippen molar-refractivity contribution in [2.45, 2.75) is 63.4 Å². The quantitative estimate of drug-likeness (QED) is 0.486. The van der Waals surface area contributed by atoms with Crippen LogP contribution in [0.15, 0.2) is 18.2 Å². The standard InChI is InChI=1S/C20H24Cl2O4/c21-14-9-18(13-5-3-1-2-4-6-13)17(19(22)10-14)8-7-15(23)11-16(24)12-20(25)26/h7-10,13,15,23H,1-6,11-12H2,(H,25,26). The molecule has 4 nitrogen and oxygen atoms in total. The van der Waals surface area contributed by atoms with E-state index in [1.807, 2.05) is 6.07 Å². The molecule has 0 radical (unpaired) electrons. The van der Waals surface area contributed by atoms with Gasteiger partial charge in [-0.25, -0.2) is 0 Å². The molecule has 0 saturated heterocycles. The Hall–Kier alpha value is -1.36. The number of carbonyl (C=O) groups is 2. The molecule has 1 unspecified atom stereocenters. The second-order valence-electron chi connectivity index (χ2n) is 6.82. The molecule has 0 bridgehead atoms. The van der Waals surface area contributed by atoms with Crippen molar-refractivity contribution in [3.8, 4) is 0 Å². The van der Waals surface area contributed by atoms with Crippen LogP contribution in [0.25, 0.3) is 6.08 Å². The Balaban J connectivity index is 2.19. The molecule has 0 aliphatic heterocycles. The van der Waals surface area contributed by atoms with Gasteiger partial charge in [-0.1, -0.05) is 61.0 Å². The summed E-state index contributed by atoms with van der Waals surface area (Å²) in [7, 11) is 0. The summed E-state index contributed by atoms with van der Waals surface area (Å²) in [4.78, 5) is 22.1. The molecule has 1 aliphatic rings. The molecule has 1 atom stereocenters. The number of rotatable bonds is 7. The molecule has 1 aliphatic carbocycles. The maximum absolute atomic E-state index is 11.5. The fourth-order valence-corrected chi connectivity index (χ4v) is 4.03. The molecular formula is C20H24Cl2O4. The third kappa shape index (κ3) is 6.42. The highest BCUT2D eigenvalue weighted by Crippen LogP contribution is 2.38. The lowest BCUT2D eigenvalue weighted by Gasteiger charge is -2.19. The lowest BCUT2D eigenvalue weighted by molar-refractivity contribution is -0.140. The molecule has 1 aromatic carbocycles. The first-order valence-electron chi connectivity index (χ1n) is 8.95. The molecule has 2 N–H and O–H groups in total. The van der Waals surface area contributed by atoms with Crippen molar-refractivity contribution in [3.63, 3.8) is 0 Å². The summed E-state index contributed by atoms with van der Waals surface area (Å²) in [5, 5.41) is 19.7. The minimum absolute atomic E-state index is 0.229. The molecule has 0 spiro atoms. The number of ketones is 1. The maximum atomic E-state index is 11.5. The monoisotopic (exact) mass is 398 g/mol. The predicted molar refractivity (Wildman–Crippen MR) is 104 cm³/mol. The van der Waals surface area contributed by atoms with Gasteiger partial charge in [-0.05, 0) is 42.0 Å². The zero-order valence-electron chi connectivity index (χ0n) is 14.6. The van der Waals surface area contributed by atoms with Crippen molar-refractivity contribution in [1.82, 2.24) is 0 Å². The first-order chi connectivity index (χ1) is 12.4. The van der Waals surface area contributed by atoms with Crippen molar-refractivity contribution in [2.75, 3.05) is 0 Å². The van der Waals surface area contributed by atoms with Crippen LogP contribution < -0.4 is 0 Å². The zero-order valence-corrected chi connectivity index (χ0v) is 16.1. The Morgan fingerprint density at radius 2 is 1.81 bits per heavy atom. The van der Waals surface area contributed by atoms with Gasteiger partial charge in [-0.3, -0.25) is 9.59 Å². The zero-order chi connectivity index (χ0) is 19.1. The summed E-state index contributed by atoms with van der Waals surface area (Å²) in [5.41, 5.74) is 1.89. The van der Waals surface area contributed by atoms with Gasteiger partial charge >= 0.3 is 5.97 Å². The second kappa shape index (κ2) is 10.1. The van der Waals surface area contributed by atoms with Crippen LogP contribution in [0.5, 0.6) is 0 Å². The van der Waals surface area contributed by atoms with Gasteiger partial charge < -0.3 is 10.2 Å². The summed E-state index contributed by atoms with van der Waals surface area (Å²) in [5.74, 6) is -1.33. The van der Waals surface area contributed by atoms with E-state index in [1.54, 1.807) is 12.1 Å². The number of carboxylic acid groups (broad SMARTS) is 1. The number of carboxylic acids is 1. The number of carbonyl (C=O) groups excluding carboxylic acids is 1. The van der Waals surface area contributed by atoms with E-state index in [2.05, 4.69) is 0 Å². The van der Waals surface area contributed by atoms with Gasteiger partial charge in [0.05, 0.1) is 6.10 Å². The molecule has 142 valence electrons. The maximum Gasteiger partial charge on any atom is 0.310 e. The first-order valence-corrected chi connectivity index (χ1v) is 9.71. The van der Waals surface area contributed by atoms with Gasteiger partial charge in [0.1, 0.15) is 12.2 Å². The van der Waals surface area contributed by atoms with Crippen LogP contribution in [0.4, 0.5) is 0 Å². The van der Waals surface area contributed by atoms with Gasteiger partial charge in [0.2, 0.25) is 0 Å². The lowest BCUT2D eigenvalue weighted by atomic mass is 9.88. The number of Topliss-reactive ketones (excluding diaryl/α,β-unsaturated/α-hetero) is 1. The number of halogens is 2. The summed E-state index contributed by atoms with van der Waals surface area (Å²) >= 11 is 12.6. The van der Waals surface area contributed by atoms with Gasteiger partial charge in [0.15, 0.2) is 0 Å². The minimum atomic E-state index is -1.19. The van der Waals surface area contributed by atoms with E-state index in [9.17, 15) is 14.7 Å². The fraction of sp³-hybridized carbons (Fsp3) is 0.500. The van der Waals surface area contributed by atoms with Crippen LogP contribution in [0.1, 0.15) is 68.4 Å². The molecular weight excluding hydrogens is 375 g/mol. The van der Waals surface area contributed by atoms with Gasteiger partial charge in [-0.2, -0.15) is 0 Å². The van der Waals surface area contributed by atoms with Gasteiger partial charge in [0.25, 0.3) is 0 Å². The molecule has 1 saturated carbocycles. The fourth-order valence-electron chi connectivity index (χ4n) is 3.46. The molecule has 26 heavy (non-hydrogen) atoms. The topological polar surface area (TPSA) is 74.6 Å². The highest BCUT2D eigenvalue weighted by molar-refractivity contribution is 6.35. The van der Waals surface area contributed by atoms with E-state index in [-0.39, 0.29) is 6.42 Å². The van der Waals surface area contributed by atoms with Crippen LogP contribution in [0.3, 0.4) is 0 Å². The minimum Gasteiger partial charge on any atom is -0.481 e. The van der Waals surface area contributed by atoms with E-state index in [4.69, 9.17) is 28.3 Å². The number of hydrogen-bond donors (Lipinski definition) is 2. The van der Waals surface area contributed by atoms with Crippen molar-refractivity contribution >= 4 is 41.0 Å². The van der Waals surface area contributed by atoms with E-state index >= 15 is 0 Å². The molecule has 0 amide bonds. The first kappa shape index (κ1) is 20.9. The summed E-state index contributed by atoms with van der Waals surface area (Å²) in [6.45, 7) is 0. The number of benzene rings is 1. The predicted octanol–water partition coefficient (Wildman–Crippen LogP) is 5.24. The average Bonchev–Trinajstić information content (AvgIpc) is 2.81. The number of aliphatic hydroxyl groups excluding tert-OH is 1. The molecule has 1 fully saturated rings. The highest BCUT2D eigenvalue weighted by Gasteiger charge is 2.19. The largest absolute Gasteiger partial charge is 0.481 e. The Morgan fingerprint density at radius 1 is 1.15 bits per heavy atom. The van der Waals surface area contributed by atoms with Crippen LogP contribution in [0, 0.1) is 0 Å². The Labute approximate surface area is 163 Å². The Kier molecular flexibility index (Phi) is 8.14. The number of aliphatic carboxylic acids is 1. The number of aliphatic hydroxyl groups is 1.